The Morgan fingerprint density at radius 1 is 1.40 bits per heavy atom. The van der Waals surface area contributed by atoms with Crippen LogP contribution in [-0.2, 0) is 6.18 Å². The first kappa shape index (κ1) is 12.2. The van der Waals surface area contributed by atoms with Crippen molar-refractivity contribution in [3.05, 3.63) is 36.9 Å². The third-order valence-corrected chi connectivity index (χ3v) is 3.25. The quantitative estimate of drug-likeness (QED) is 0.449. The second kappa shape index (κ2) is 3.95. The molecule has 0 saturated heterocycles. The molecule has 0 atom stereocenters. The van der Waals surface area contributed by atoms with Crippen LogP contribution in [0, 0.1) is 20.6 Å². The molecule has 1 aromatic rings. The highest BCUT2D eigenvalue weighted by Crippen LogP contribution is 2.36. The van der Waals surface area contributed by atoms with Gasteiger partial charge in [-0.3, -0.25) is 10.1 Å². The summed E-state index contributed by atoms with van der Waals surface area (Å²) < 4.78 is 37.0. The van der Waals surface area contributed by atoms with Crippen LogP contribution in [0.15, 0.2) is 12.1 Å². The van der Waals surface area contributed by atoms with Gasteiger partial charge >= 0.3 is 6.18 Å². The van der Waals surface area contributed by atoms with E-state index in [0.29, 0.717) is 0 Å². The highest BCUT2D eigenvalue weighted by atomic mass is 127. The zero-order valence-electron chi connectivity index (χ0n) is 7.43. The molecular weight excluding hydrogens is 326 g/mol. The molecule has 0 unspecified atom stereocenters. The van der Waals surface area contributed by atoms with Crippen molar-refractivity contribution in [3.8, 4) is 0 Å². The largest absolute Gasteiger partial charge is 0.417 e. The number of nitro groups is 1. The van der Waals surface area contributed by atoms with E-state index >= 15 is 0 Å². The Morgan fingerprint density at radius 3 is 2.33 bits per heavy atom. The molecule has 7 heteroatoms. The van der Waals surface area contributed by atoms with Crippen LogP contribution in [0.4, 0.5) is 18.9 Å². The van der Waals surface area contributed by atoms with Gasteiger partial charge in [0, 0.05) is 15.2 Å². The van der Waals surface area contributed by atoms with Crippen LogP contribution in [0.5, 0.6) is 0 Å². The molecule has 3 nitrogen and oxygen atoms in total. The Labute approximate surface area is 96.6 Å². The number of hydrogen-bond donors (Lipinski definition) is 0. The molecule has 15 heavy (non-hydrogen) atoms. The van der Waals surface area contributed by atoms with Crippen molar-refractivity contribution in [3.63, 3.8) is 0 Å². The summed E-state index contributed by atoms with van der Waals surface area (Å²) in [6.45, 7) is 1.30. The van der Waals surface area contributed by atoms with Crippen molar-refractivity contribution in [1.82, 2.24) is 0 Å². The fraction of sp³-hybridized carbons (Fsp3) is 0.250. The van der Waals surface area contributed by atoms with Crippen molar-refractivity contribution in [2.45, 2.75) is 13.1 Å². The van der Waals surface area contributed by atoms with Gasteiger partial charge in [-0.25, -0.2) is 0 Å². The monoisotopic (exact) mass is 331 g/mol. The lowest BCUT2D eigenvalue weighted by molar-refractivity contribution is -0.385. The van der Waals surface area contributed by atoms with Crippen LogP contribution in [0.3, 0.4) is 0 Å². The summed E-state index contributed by atoms with van der Waals surface area (Å²) in [5.74, 6) is 0. The second-order valence-corrected chi connectivity index (χ2v) is 3.90. The highest BCUT2D eigenvalue weighted by molar-refractivity contribution is 14.1. The molecule has 1 aromatic carbocycles. The molecule has 0 fully saturated rings. The van der Waals surface area contributed by atoms with Crippen molar-refractivity contribution in [2.75, 3.05) is 0 Å². The van der Waals surface area contributed by atoms with Gasteiger partial charge in [0.25, 0.3) is 5.69 Å². The Balaban J connectivity index is 3.41. The third-order valence-electron chi connectivity index (χ3n) is 1.86. The molecule has 0 heterocycles. The normalized spacial score (nSPS) is 11.5. The molecule has 0 amide bonds. The number of halogens is 4. The first-order valence-electron chi connectivity index (χ1n) is 3.76. The molecule has 0 saturated carbocycles. The van der Waals surface area contributed by atoms with Gasteiger partial charge in [0.1, 0.15) is 0 Å². The number of hydrogen-bond acceptors (Lipinski definition) is 2. The Kier molecular flexibility index (Phi) is 3.22. The van der Waals surface area contributed by atoms with Crippen LogP contribution in [-0.4, -0.2) is 4.92 Å². The second-order valence-electron chi connectivity index (χ2n) is 2.83. The van der Waals surface area contributed by atoms with Crippen LogP contribution < -0.4 is 0 Å². The Morgan fingerprint density at radius 2 is 1.93 bits per heavy atom. The van der Waals surface area contributed by atoms with Crippen LogP contribution >= 0.6 is 22.6 Å². The molecule has 82 valence electrons. The molecule has 0 aliphatic carbocycles. The predicted molar refractivity (Wildman–Crippen MR) is 55.6 cm³/mol. The number of benzene rings is 1. The number of alkyl halides is 3. The average Bonchev–Trinajstić information content (AvgIpc) is 2.06. The van der Waals surface area contributed by atoms with Crippen molar-refractivity contribution in [2.24, 2.45) is 0 Å². The molecule has 0 radical (unpaired) electrons. The molecule has 0 bridgehead atoms. The summed E-state index contributed by atoms with van der Waals surface area (Å²) in [6.07, 6.45) is -4.48. The van der Waals surface area contributed by atoms with Gasteiger partial charge in [0.2, 0.25) is 0 Å². The van der Waals surface area contributed by atoms with Gasteiger partial charge in [-0.1, -0.05) is 0 Å². The number of nitro benzene ring substituents is 1. The average molecular weight is 331 g/mol. The van der Waals surface area contributed by atoms with E-state index in [1.54, 1.807) is 0 Å². The summed E-state index contributed by atoms with van der Waals surface area (Å²) in [5, 5.41) is 10.5. The van der Waals surface area contributed by atoms with E-state index in [1.807, 2.05) is 0 Å². The number of rotatable bonds is 1. The Hall–Kier alpha value is -0.860. The predicted octanol–water partition coefficient (Wildman–Crippen LogP) is 3.53. The van der Waals surface area contributed by atoms with Crippen molar-refractivity contribution >= 4 is 28.3 Å². The van der Waals surface area contributed by atoms with Crippen LogP contribution in [0.1, 0.15) is 11.1 Å². The third kappa shape index (κ3) is 2.39. The van der Waals surface area contributed by atoms with Crippen molar-refractivity contribution < 1.29 is 18.1 Å². The maximum Gasteiger partial charge on any atom is 0.417 e. The maximum atomic E-state index is 12.4. The van der Waals surface area contributed by atoms with Gasteiger partial charge in [-0.05, 0) is 35.6 Å². The summed E-state index contributed by atoms with van der Waals surface area (Å²) in [4.78, 5) is 9.76. The van der Waals surface area contributed by atoms with Gasteiger partial charge in [-0.15, -0.1) is 0 Å². The van der Waals surface area contributed by atoms with Crippen molar-refractivity contribution in [1.29, 1.82) is 0 Å². The minimum atomic E-state index is -4.48. The SMILES string of the molecule is Cc1c([N+](=O)[O-])ccc(C(F)(F)F)c1I. The molecule has 0 aliphatic heterocycles. The molecule has 0 aliphatic rings. The fourth-order valence-electron chi connectivity index (χ4n) is 1.09. The van der Waals surface area contributed by atoms with Gasteiger partial charge < -0.3 is 0 Å². The standard InChI is InChI=1S/C8H5F3INO2/c1-4-6(13(14)15)3-2-5(7(4)12)8(9,10)11/h2-3H,1H3. The van der Waals surface area contributed by atoms with Gasteiger partial charge in [0.05, 0.1) is 10.5 Å². The van der Waals surface area contributed by atoms with E-state index in [2.05, 4.69) is 0 Å². The summed E-state index contributed by atoms with van der Waals surface area (Å²) in [6, 6.07) is 1.60. The lowest BCUT2D eigenvalue weighted by Crippen LogP contribution is -2.09. The zero-order chi connectivity index (χ0) is 11.8. The number of nitrogens with zero attached hydrogens (tertiary/aromatic N) is 1. The minimum absolute atomic E-state index is 0.0374. The first-order valence-corrected chi connectivity index (χ1v) is 4.83. The highest BCUT2D eigenvalue weighted by Gasteiger charge is 2.34. The Bertz CT molecular complexity index is 417. The first-order chi connectivity index (χ1) is 6.75. The van der Waals surface area contributed by atoms with E-state index in [4.69, 9.17) is 0 Å². The fourth-order valence-corrected chi connectivity index (χ4v) is 1.85. The van der Waals surface area contributed by atoms with E-state index < -0.39 is 16.7 Å². The molecule has 0 N–H and O–H groups in total. The smallest absolute Gasteiger partial charge is 0.258 e. The van der Waals surface area contributed by atoms with E-state index in [0.717, 1.165) is 12.1 Å². The molecule has 0 aromatic heterocycles. The lowest BCUT2D eigenvalue weighted by atomic mass is 10.1. The maximum absolute atomic E-state index is 12.4. The van der Waals surface area contributed by atoms with Crippen LogP contribution in [0.2, 0.25) is 0 Å². The summed E-state index contributed by atoms with van der Waals surface area (Å²) in [5.41, 5.74) is -1.10. The van der Waals surface area contributed by atoms with Gasteiger partial charge in [0.15, 0.2) is 0 Å². The topological polar surface area (TPSA) is 43.1 Å². The van der Waals surface area contributed by atoms with Crippen LogP contribution in [0.25, 0.3) is 0 Å². The van der Waals surface area contributed by atoms with Gasteiger partial charge in [-0.2, -0.15) is 13.2 Å². The molecule has 0 spiro atoms. The van der Waals surface area contributed by atoms with E-state index in [-0.39, 0.29) is 14.8 Å². The van der Waals surface area contributed by atoms with E-state index in [1.165, 1.54) is 29.5 Å². The minimum Gasteiger partial charge on any atom is -0.258 e. The lowest BCUT2D eigenvalue weighted by Gasteiger charge is -2.10. The molecule has 1 rings (SSSR count). The summed E-state index contributed by atoms with van der Waals surface area (Å²) in [7, 11) is 0. The molecular formula is C8H5F3INO2. The zero-order valence-corrected chi connectivity index (χ0v) is 9.59. The van der Waals surface area contributed by atoms with E-state index in [9.17, 15) is 23.3 Å². The summed E-state index contributed by atoms with van der Waals surface area (Å²) >= 11 is 1.46.